The summed E-state index contributed by atoms with van der Waals surface area (Å²) in [6, 6.07) is -0.145. The zero-order chi connectivity index (χ0) is 12.8. The zero-order valence-electron chi connectivity index (χ0n) is 10.7. The number of hydrogen-bond acceptors (Lipinski definition) is 3. The third-order valence-corrected chi connectivity index (χ3v) is 2.89. The smallest absolute Gasteiger partial charge is 0.239 e. The Hall–Kier alpha value is -1.10. The topological polar surface area (TPSA) is 75.4 Å². The van der Waals surface area contributed by atoms with E-state index in [-0.39, 0.29) is 18.4 Å². The molecule has 1 atom stereocenters. The predicted molar refractivity (Wildman–Crippen MR) is 66.3 cm³/mol. The second kappa shape index (κ2) is 6.59. The van der Waals surface area contributed by atoms with Crippen LogP contribution in [0.15, 0.2) is 0 Å². The van der Waals surface area contributed by atoms with E-state index < -0.39 is 6.04 Å². The van der Waals surface area contributed by atoms with Crippen LogP contribution in [0.2, 0.25) is 0 Å². The molecule has 0 heterocycles. The summed E-state index contributed by atoms with van der Waals surface area (Å²) >= 11 is 0. The molecule has 0 aromatic carbocycles. The maximum Gasteiger partial charge on any atom is 0.239 e. The van der Waals surface area contributed by atoms with Crippen molar-refractivity contribution in [2.45, 2.75) is 51.1 Å². The lowest BCUT2D eigenvalue weighted by atomic mass is 10.1. The number of hydrogen-bond donors (Lipinski definition) is 2. The highest BCUT2D eigenvalue weighted by Crippen LogP contribution is 2.18. The summed E-state index contributed by atoms with van der Waals surface area (Å²) in [6.07, 6.45) is 4.75. The van der Waals surface area contributed by atoms with Crippen LogP contribution in [0, 0.1) is 0 Å². The van der Waals surface area contributed by atoms with E-state index in [1.807, 2.05) is 0 Å². The van der Waals surface area contributed by atoms with E-state index in [1.165, 1.54) is 4.90 Å². The molecule has 2 amide bonds. The van der Waals surface area contributed by atoms with Crippen molar-refractivity contribution in [3.05, 3.63) is 0 Å². The number of nitrogens with zero attached hydrogens (tertiary/aromatic N) is 1. The van der Waals surface area contributed by atoms with Crippen LogP contribution >= 0.6 is 0 Å². The lowest BCUT2D eigenvalue weighted by Gasteiger charge is -2.20. The molecule has 0 unspecified atom stereocenters. The van der Waals surface area contributed by atoms with Gasteiger partial charge in [-0.3, -0.25) is 9.59 Å². The monoisotopic (exact) mass is 241 g/mol. The number of rotatable bonds is 7. The minimum absolute atomic E-state index is 0.0916. The SMILES string of the molecule is CCCC[C@H](N)C(=O)N(C)CC(=O)NC1CC1. The van der Waals surface area contributed by atoms with Gasteiger partial charge in [0.1, 0.15) is 0 Å². The molecule has 5 heteroatoms. The van der Waals surface area contributed by atoms with Gasteiger partial charge in [0, 0.05) is 13.1 Å². The van der Waals surface area contributed by atoms with Crippen LogP contribution < -0.4 is 11.1 Å². The van der Waals surface area contributed by atoms with Crippen LogP contribution in [0.4, 0.5) is 0 Å². The fourth-order valence-corrected chi connectivity index (χ4v) is 1.62. The second-order valence-corrected chi connectivity index (χ2v) is 4.78. The number of amides is 2. The average Bonchev–Trinajstić information content (AvgIpc) is 3.08. The molecule has 98 valence electrons. The molecule has 5 nitrogen and oxygen atoms in total. The van der Waals surface area contributed by atoms with Crippen molar-refractivity contribution in [1.29, 1.82) is 0 Å². The number of likely N-dealkylation sites (N-methyl/N-ethyl adjacent to an activating group) is 1. The van der Waals surface area contributed by atoms with E-state index >= 15 is 0 Å². The first-order chi connectivity index (χ1) is 8.04. The minimum Gasteiger partial charge on any atom is -0.352 e. The summed E-state index contributed by atoms with van der Waals surface area (Å²) in [5.41, 5.74) is 5.77. The molecule has 3 N–H and O–H groups in total. The highest BCUT2D eigenvalue weighted by atomic mass is 16.2. The quantitative estimate of drug-likeness (QED) is 0.670. The van der Waals surface area contributed by atoms with Gasteiger partial charge in [-0.25, -0.2) is 0 Å². The summed E-state index contributed by atoms with van der Waals surface area (Å²) in [6.45, 7) is 2.17. The van der Waals surface area contributed by atoms with Crippen molar-refractivity contribution in [1.82, 2.24) is 10.2 Å². The molecule has 1 saturated carbocycles. The van der Waals surface area contributed by atoms with Gasteiger partial charge >= 0.3 is 0 Å². The van der Waals surface area contributed by atoms with Gasteiger partial charge in [0.15, 0.2) is 0 Å². The van der Waals surface area contributed by atoms with Crippen molar-refractivity contribution in [3.8, 4) is 0 Å². The van der Waals surface area contributed by atoms with Crippen molar-refractivity contribution >= 4 is 11.8 Å². The normalized spacial score (nSPS) is 16.4. The van der Waals surface area contributed by atoms with Gasteiger partial charge in [-0.05, 0) is 19.3 Å². The van der Waals surface area contributed by atoms with Gasteiger partial charge in [-0.1, -0.05) is 19.8 Å². The van der Waals surface area contributed by atoms with E-state index in [0.29, 0.717) is 12.5 Å². The van der Waals surface area contributed by atoms with Crippen LogP contribution in [0.3, 0.4) is 0 Å². The molecule has 0 aromatic rings. The molecule has 0 spiro atoms. The summed E-state index contributed by atoms with van der Waals surface area (Å²) < 4.78 is 0. The number of carbonyl (C=O) groups excluding carboxylic acids is 2. The van der Waals surface area contributed by atoms with Gasteiger partial charge in [-0.2, -0.15) is 0 Å². The molecule has 1 aliphatic rings. The van der Waals surface area contributed by atoms with Crippen molar-refractivity contribution in [2.75, 3.05) is 13.6 Å². The first-order valence-electron chi connectivity index (χ1n) is 6.34. The summed E-state index contributed by atoms with van der Waals surface area (Å²) in [5, 5.41) is 2.85. The molecule has 17 heavy (non-hydrogen) atoms. The first kappa shape index (κ1) is 14.0. The summed E-state index contributed by atoms with van der Waals surface area (Å²) in [4.78, 5) is 24.7. The maximum atomic E-state index is 11.8. The second-order valence-electron chi connectivity index (χ2n) is 4.78. The third kappa shape index (κ3) is 5.17. The highest BCUT2D eigenvalue weighted by Gasteiger charge is 2.25. The Bertz CT molecular complexity index is 277. The Kier molecular flexibility index (Phi) is 5.41. The van der Waals surface area contributed by atoms with Crippen molar-refractivity contribution in [2.24, 2.45) is 5.73 Å². The van der Waals surface area contributed by atoms with Crippen LogP contribution in [0.5, 0.6) is 0 Å². The summed E-state index contributed by atoms with van der Waals surface area (Å²) in [5.74, 6) is -0.240. The van der Waals surface area contributed by atoms with E-state index in [0.717, 1.165) is 25.7 Å². The highest BCUT2D eigenvalue weighted by molar-refractivity contribution is 5.87. The third-order valence-electron chi connectivity index (χ3n) is 2.89. The van der Waals surface area contributed by atoms with E-state index in [4.69, 9.17) is 5.73 Å². The number of unbranched alkanes of at least 4 members (excludes halogenated alkanes) is 1. The number of carbonyl (C=O) groups is 2. The summed E-state index contributed by atoms with van der Waals surface area (Å²) in [7, 11) is 1.63. The average molecular weight is 241 g/mol. The predicted octanol–water partition coefficient (Wildman–Crippen LogP) is 0.241. The van der Waals surface area contributed by atoms with Gasteiger partial charge in [0.05, 0.1) is 12.6 Å². The Morgan fingerprint density at radius 2 is 2.12 bits per heavy atom. The molecule has 0 aromatic heterocycles. The van der Waals surface area contributed by atoms with Gasteiger partial charge in [-0.15, -0.1) is 0 Å². The number of nitrogens with two attached hydrogens (primary N) is 1. The maximum absolute atomic E-state index is 11.8. The molecule has 1 fully saturated rings. The fraction of sp³-hybridized carbons (Fsp3) is 0.833. The van der Waals surface area contributed by atoms with E-state index in [2.05, 4.69) is 12.2 Å². The van der Waals surface area contributed by atoms with Crippen LogP contribution in [0.25, 0.3) is 0 Å². The Morgan fingerprint density at radius 1 is 1.47 bits per heavy atom. The molecule has 1 rings (SSSR count). The molecule has 0 aliphatic heterocycles. The van der Waals surface area contributed by atoms with Crippen LogP contribution in [0.1, 0.15) is 39.0 Å². The largest absolute Gasteiger partial charge is 0.352 e. The first-order valence-corrected chi connectivity index (χ1v) is 6.34. The fourth-order valence-electron chi connectivity index (χ4n) is 1.62. The molecule has 0 radical (unpaired) electrons. The Morgan fingerprint density at radius 3 is 2.65 bits per heavy atom. The standard InChI is InChI=1S/C12H23N3O2/c1-3-4-5-10(13)12(17)15(2)8-11(16)14-9-6-7-9/h9-10H,3-8,13H2,1-2H3,(H,14,16)/t10-/m0/s1. The Labute approximate surface area is 103 Å². The number of nitrogens with one attached hydrogen (secondary N) is 1. The lowest BCUT2D eigenvalue weighted by molar-refractivity contribution is -0.135. The van der Waals surface area contributed by atoms with Crippen molar-refractivity contribution < 1.29 is 9.59 Å². The van der Waals surface area contributed by atoms with Gasteiger partial charge in [0.25, 0.3) is 0 Å². The molecular weight excluding hydrogens is 218 g/mol. The van der Waals surface area contributed by atoms with Crippen molar-refractivity contribution in [3.63, 3.8) is 0 Å². The zero-order valence-corrected chi connectivity index (χ0v) is 10.7. The minimum atomic E-state index is -0.478. The lowest BCUT2D eigenvalue weighted by Crippen LogP contribution is -2.46. The molecule has 0 bridgehead atoms. The molecule has 0 saturated heterocycles. The van der Waals surface area contributed by atoms with Crippen LogP contribution in [-0.2, 0) is 9.59 Å². The van der Waals surface area contributed by atoms with E-state index in [1.54, 1.807) is 7.05 Å². The molecular formula is C12H23N3O2. The van der Waals surface area contributed by atoms with Gasteiger partial charge in [0.2, 0.25) is 11.8 Å². The van der Waals surface area contributed by atoms with Gasteiger partial charge < -0.3 is 16.0 Å². The van der Waals surface area contributed by atoms with Crippen LogP contribution in [-0.4, -0.2) is 42.4 Å². The van der Waals surface area contributed by atoms with E-state index in [9.17, 15) is 9.59 Å². The molecule has 1 aliphatic carbocycles. The Balaban J connectivity index is 2.26.